The lowest BCUT2D eigenvalue weighted by molar-refractivity contribution is 0.414. The molecule has 0 saturated heterocycles. The van der Waals surface area contributed by atoms with Crippen LogP contribution in [0.25, 0.3) is 11.1 Å². The lowest BCUT2D eigenvalue weighted by Crippen LogP contribution is -2.09. The second kappa shape index (κ2) is 14.1. The first kappa shape index (κ1) is 30.5. The molecule has 0 aliphatic rings. The van der Waals surface area contributed by atoms with Crippen molar-refractivity contribution in [3.05, 3.63) is 179 Å². The first-order valence-electron chi connectivity index (χ1n) is 15.4. The van der Waals surface area contributed by atoms with E-state index in [4.69, 9.17) is 18.9 Å². The second-order valence-corrected chi connectivity index (χ2v) is 11.1. The number of ether oxygens (including phenoxy) is 4. The van der Waals surface area contributed by atoms with Crippen molar-refractivity contribution in [2.45, 2.75) is 11.8 Å². The summed E-state index contributed by atoms with van der Waals surface area (Å²) in [4.78, 5) is 0. The van der Waals surface area contributed by atoms with Gasteiger partial charge in [-0.25, -0.2) is 0 Å². The Hall–Kier alpha value is -5.48. The fourth-order valence-corrected chi connectivity index (χ4v) is 6.28. The Morgan fingerprint density at radius 1 is 0.304 bits per heavy atom. The third kappa shape index (κ3) is 6.33. The molecule has 0 aliphatic carbocycles. The van der Waals surface area contributed by atoms with Crippen LogP contribution in [0.2, 0.25) is 0 Å². The molecule has 0 atom stereocenters. The Balaban J connectivity index is 1.55. The van der Waals surface area contributed by atoms with Crippen LogP contribution in [-0.4, -0.2) is 28.4 Å². The minimum atomic E-state index is -0.0264. The van der Waals surface area contributed by atoms with Crippen LogP contribution < -0.4 is 18.9 Å². The normalized spacial score (nSPS) is 11.0. The summed E-state index contributed by atoms with van der Waals surface area (Å²) in [5.74, 6) is 3.27. The molecule has 230 valence electrons. The Kier molecular flexibility index (Phi) is 9.35. The summed E-state index contributed by atoms with van der Waals surface area (Å²) in [6, 6.07) is 51.1. The fourth-order valence-electron chi connectivity index (χ4n) is 6.28. The summed E-state index contributed by atoms with van der Waals surface area (Å²) >= 11 is 0. The molecular formula is C42H38O4. The molecule has 0 aliphatic heterocycles. The van der Waals surface area contributed by atoms with Crippen LogP contribution in [-0.2, 0) is 0 Å². The Labute approximate surface area is 271 Å². The van der Waals surface area contributed by atoms with Crippen LogP contribution in [0.3, 0.4) is 0 Å². The van der Waals surface area contributed by atoms with E-state index in [0.717, 1.165) is 23.0 Å². The van der Waals surface area contributed by atoms with Gasteiger partial charge < -0.3 is 18.9 Å². The van der Waals surface area contributed by atoms with Crippen molar-refractivity contribution in [3.8, 4) is 34.1 Å². The van der Waals surface area contributed by atoms with Crippen molar-refractivity contribution in [1.29, 1.82) is 0 Å². The first-order valence-corrected chi connectivity index (χ1v) is 15.4. The molecule has 6 rings (SSSR count). The van der Waals surface area contributed by atoms with Gasteiger partial charge in [-0.1, -0.05) is 97.1 Å². The first-order chi connectivity index (χ1) is 22.6. The van der Waals surface area contributed by atoms with Gasteiger partial charge in [0.1, 0.15) is 23.0 Å². The van der Waals surface area contributed by atoms with Gasteiger partial charge in [0.15, 0.2) is 0 Å². The molecule has 4 nitrogen and oxygen atoms in total. The Morgan fingerprint density at radius 2 is 0.543 bits per heavy atom. The molecule has 46 heavy (non-hydrogen) atoms. The summed E-state index contributed by atoms with van der Waals surface area (Å²) in [7, 11) is 6.79. The van der Waals surface area contributed by atoms with Gasteiger partial charge in [0.05, 0.1) is 28.4 Å². The minimum Gasteiger partial charge on any atom is -0.497 e. The van der Waals surface area contributed by atoms with Gasteiger partial charge in [-0.15, -0.1) is 0 Å². The second-order valence-electron chi connectivity index (χ2n) is 11.1. The third-order valence-corrected chi connectivity index (χ3v) is 8.63. The van der Waals surface area contributed by atoms with E-state index in [-0.39, 0.29) is 11.8 Å². The van der Waals surface area contributed by atoms with Crippen molar-refractivity contribution in [3.63, 3.8) is 0 Å². The monoisotopic (exact) mass is 606 g/mol. The fraction of sp³-hybridized carbons (Fsp3) is 0.143. The average Bonchev–Trinajstić information content (AvgIpc) is 3.13. The quantitative estimate of drug-likeness (QED) is 0.138. The number of benzene rings is 6. The molecular weight excluding hydrogens is 568 g/mol. The molecule has 0 aromatic heterocycles. The van der Waals surface area contributed by atoms with E-state index in [9.17, 15) is 0 Å². The highest BCUT2D eigenvalue weighted by atomic mass is 16.5. The van der Waals surface area contributed by atoms with Gasteiger partial charge in [0.25, 0.3) is 0 Å². The standard InChI is InChI=1S/C42H38O4/c1-43-33-21-13-29(14-22-33)41(30-15-23-34(44-2)24-16-30)39-11-7-5-9-37(39)38-10-6-8-12-40(38)42(31-17-25-35(45-3)26-18-31)32-19-27-36(46-4)28-20-32/h5-28,41-42H,1-4H3. The van der Waals surface area contributed by atoms with Crippen LogP contribution in [0.1, 0.15) is 45.2 Å². The predicted molar refractivity (Wildman–Crippen MR) is 186 cm³/mol. The Morgan fingerprint density at radius 3 is 0.783 bits per heavy atom. The Bertz CT molecular complexity index is 1620. The third-order valence-electron chi connectivity index (χ3n) is 8.63. The van der Waals surface area contributed by atoms with Crippen LogP contribution in [0.5, 0.6) is 23.0 Å². The molecule has 0 unspecified atom stereocenters. The van der Waals surface area contributed by atoms with E-state index in [2.05, 4.69) is 97.1 Å². The van der Waals surface area contributed by atoms with Crippen molar-refractivity contribution in [2.24, 2.45) is 0 Å². The molecule has 0 fully saturated rings. The number of hydrogen-bond donors (Lipinski definition) is 0. The highest BCUT2D eigenvalue weighted by Crippen LogP contribution is 2.44. The summed E-state index contributed by atoms with van der Waals surface area (Å²) in [5.41, 5.74) is 9.51. The van der Waals surface area contributed by atoms with Gasteiger partial charge in [0.2, 0.25) is 0 Å². The largest absolute Gasteiger partial charge is 0.497 e. The number of methoxy groups -OCH3 is 4. The van der Waals surface area contributed by atoms with Crippen molar-refractivity contribution < 1.29 is 18.9 Å². The van der Waals surface area contributed by atoms with Gasteiger partial charge in [-0.2, -0.15) is 0 Å². The van der Waals surface area contributed by atoms with E-state index in [0.29, 0.717) is 0 Å². The molecule has 4 heteroatoms. The summed E-state index contributed by atoms with van der Waals surface area (Å²) in [5, 5.41) is 0. The van der Waals surface area contributed by atoms with Crippen molar-refractivity contribution in [2.75, 3.05) is 28.4 Å². The summed E-state index contributed by atoms with van der Waals surface area (Å²) < 4.78 is 22.0. The number of rotatable bonds is 11. The van der Waals surface area contributed by atoms with E-state index in [1.165, 1.54) is 44.5 Å². The maximum atomic E-state index is 5.51. The average molecular weight is 607 g/mol. The van der Waals surface area contributed by atoms with Crippen molar-refractivity contribution in [1.82, 2.24) is 0 Å². The van der Waals surface area contributed by atoms with E-state index in [1.54, 1.807) is 28.4 Å². The van der Waals surface area contributed by atoms with Crippen molar-refractivity contribution >= 4 is 0 Å². The van der Waals surface area contributed by atoms with Gasteiger partial charge in [0, 0.05) is 11.8 Å². The maximum Gasteiger partial charge on any atom is 0.118 e. The smallest absolute Gasteiger partial charge is 0.118 e. The summed E-state index contributed by atoms with van der Waals surface area (Å²) in [6.45, 7) is 0. The molecule has 0 radical (unpaired) electrons. The van der Waals surface area contributed by atoms with Gasteiger partial charge in [-0.3, -0.25) is 0 Å². The highest BCUT2D eigenvalue weighted by molar-refractivity contribution is 5.75. The molecule has 0 bridgehead atoms. The lowest BCUT2D eigenvalue weighted by Gasteiger charge is -2.26. The SMILES string of the molecule is COc1ccc(C(c2ccc(OC)cc2)c2ccccc2-c2ccccc2C(c2ccc(OC)cc2)c2ccc(OC)cc2)cc1. The lowest BCUT2D eigenvalue weighted by atomic mass is 9.77. The van der Waals surface area contributed by atoms with Crippen LogP contribution in [0, 0.1) is 0 Å². The molecule has 0 N–H and O–H groups in total. The number of hydrogen-bond acceptors (Lipinski definition) is 4. The van der Waals surface area contributed by atoms with Gasteiger partial charge >= 0.3 is 0 Å². The minimum absolute atomic E-state index is 0.0264. The van der Waals surface area contributed by atoms with E-state index in [1.807, 2.05) is 48.5 Å². The molecule has 0 heterocycles. The zero-order valence-electron chi connectivity index (χ0n) is 26.6. The van der Waals surface area contributed by atoms with Crippen LogP contribution in [0.4, 0.5) is 0 Å². The highest BCUT2D eigenvalue weighted by Gasteiger charge is 2.25. The molecule has 6 aromatic rings. The van der Waals surface area contributed by atoms with Crippen LogP contribution >= 0.6 is 0 Å². The molecule has 0 saturated carbocycles. The summed E-state index contributed by atoms with van der Waals surface area (Å²) in [6.07, 6.45) is 0. The zero-order chi connectivity index (χ0) is 31.9. The zero-order valence-corrected chi connectivity index (χ0v) is 26.6. The molecule has 6 aromatic carbocycles. The topological polar surface area (TPSA) is 36.9 Å². The molecule has 0 amide bonds. The van der Waals surface area contributed by atoms with Crippen LogP contribution in [0.15, 0.2) is 146 Å². The van der Waals surface area contributed by atoms with E-state index >= 15 is 0 Å². The molecule has 0 spiro atoms. The predicted octanol–water partition coefficient (Wildman–Crippen LogP) is 9.75. The van der Waals surface area contributed by atoms with Gasteiger partial charge in [-0.05, 0) is 93.0 Å². The maximum absolute atomic E-state index is 5.51. The van der Waals surface area contributed by atoms with E-state index < -0.39 is 0 Å².